The zero-order valence-electron chi connectivity index (χ0n) is 8.45. The lowest BCUT2D eigenvalue weighted by Gasteiger charge is -2.43. The lowest BCUT2D eigenvalue weighted by atomic mass is 9.68. The van der Waals surface area contributed by atoms with Crippen LogP contribution in [0.2, 0.25) is 0 Å². The number of rotatable bonds is 2. The zero-order chi connectivity index (χ0) is 10.3. The molecule has 0 aromatic carbocycles. The fraction of sp³-hybridized carbons (Fsp3) is 0.778. The Kier molecular flexibility index (Phi) is 2.23. The van der Waals surface area contributed by atoms with E-state index in [1.165, 1.54) is 0 Å². The van der Waals surface area contributed by atoms with Crippen LogP contribution in [-0.4, -0.2) is 19.9 Å². The molecule has 14 heavy (non-hydrogen) atoms. The Balaban J connectivity index is 2.25. The van der Waals surface area contributed by atoms with Crippen LogP contribution < -0.4 is 0 Å². The highest BCUT2D eigenvalue weighted by atomic mass is 32.1. The molecule has 1 aliphatic carbocycles. The van der Waals surface area contributed by atoms with E-state index in [4.69, 9.17) is 17.3 Å². The summed E-state index contributed by atoms with van der Waals surface area (Å²) in [4.78, 5) is 0. The standard InChI is InChI=1S/C9H15N3OS/c1-9(2)3-6(4-9)12-7(5-13)10-11-8(12)14/h6,13H,3-5H2,1-2H3,(H,11,14). The van der Waals surface area contributed by atoms with Gasteiger partial charge in [0.25, 0.3) is 0 Å². The van der Waals surface area contributed by atoms with Crippen molar-refractivity contribution in [1.29, 1.82) is 0 Å². The number of H-pyrrole nitrogens is 1. The van der Waals surface area contributed by atoms with Crippen molar-refractivity contribution in [3.05, 3.63) is 10.6 Å². The monoisotopic (exact) mass is 213 g/mol. The Morgan fingerprint density at radius 3 is 2.79 bits per heavy atom. The molecule has 0 atom stereocenters. The second kappa shape index (κ2) is 3.17. The molecule has 0 bridgehead atoms. The fourth-order valence-electron chi connectivity index (χ4n) is 2.22. The van der Waals surface area contributed by atoms with Gasteiger partial charge in [-0.2, -0.15) is 5.10 Å². The molecule has 1 heterocycles. The Morgan fingerprint density at radius 2 is 2.29 bits per heavy atom. The van der Waals surface area contributed by atoms with E-state index in [1.54, 1.807) is 0 Å². The molecular formula is C9H15N3OS. The highest BCUT2D eigenvalue weighted by molar-refractivity contribution is 7.71. The average molecular weight is 213 g/mol. The van der Waals surface area contributed by atoms with Crippen LogP contribution in [0.5, 0.6) is 0 Å². The lowest BCUT2D eigenvalue weighted by molar-refractivity contribution is 0.0966. The molecule has 1 saturated carbocycles. The number of aromatic amines is 1. The molecule has 5 heteroatoms. The number of aliphatic hydroxyl groups is 1. The molecule has 0 saturated heterocycles. The maximum Gasteiger partial charge on any atom is 0.195 e. The lowest BCUT2D eigenvalue weighted by Crippen LogP contribution is -2.34. The van der Waals surface area contributed by atoms with Crippen LogP contribution in [0.1, 0.15) is 38.6 Å². The van der Waals surface area contributed by atoms with Gasteiger partial charge in [0, 0.05) is 6.04 Å². The number of hydrogen-bond acceptors (Lipinski definition) is 3. The minimum atomic E-state index is -0.0515. The summed E-state index contributed by atoms with van der Waals surface area (Å²) in [6, 6.07) is 0.415. The van der Waals surface area contributed by atoms with Crippen LogP contribution in [0.25, 0.3) is 0 Å². The van der Waals surface area contributed by atoms with E-state index in [0.717, 1.165) is 12.8 Å². The SMILES string of the molecule is CC1(C)CC(n2c(CO)n[nH]c2=S)C1. The highest BCUT2D eigenvalue weighted by Crippen LogP contribution is 2.47. The van der Waals surface area contributed by atoms with E-state index in [-0.39, 0.29) is 6.61 Å². The summed E-state index contributed by atoms with van der Waals surface area (Å²) in [7, 11) is 0. The van der Waals surface area contributed by atoms with Gasteiger partial charge < -0.3 is 5.11 Å². The smallest absolute Gasteiger partial charge is 0.195 e. The first-order valence-electron chi connectivity index (χ1n) is 4.80. The number of hydrogen-bond donors (Lipinski definition) is 2. The molecule has 1 aromatic rings. The van der Waals surface area contributed by atoms with Gasteiger partial charge in [0.2, 0.25) is 0 Å². The molecule has 0 radical (unpaired) electrons. The number of nitrogens with zero attached hydrogens (tertiary/aromatic N) is 2. The van der Waals surface area contributed by atoms with Gasteiger partial charge in [-0.1, -0.05) is 13.8 Å². The normalized spacial score (nSPS) is 20.8. The molecule has 0 amide bonds. The molecule has 2 N–H and O–H groups in total. The average Bonchev–Trinajstić information content (AvgIpc) is 2.42. The maximum absolute atomic E-state index is 9.08. The van der Waals surface area contributed by atoms with Crippen molar-refractivity contribution in [1.82, 2.24) is 14.8 Å². The number of aromatic nitrogens is 3. The second-order valence-corrected chi connectivity index (χ2v) is 5.09. The highest BCUT2D eigenvalue weighted by Gasteiger charge is 2.38. The van der Waals surface area contributed by atoms with E-state index in [0.29, 0.717) is 22.1 Å². The molecule has 1 aromatic heterocycles. The van der Waals surface area contributed by atoms with Gasteiger partial charge >= 0.3 is 0 Å². The van der Waals surface area contributed by atoms with Crippen LogP contribution in [0.3, 0.4) is 0 Å². The number of aliphatic hydroxyl groups excluding tert-OH is 1. The first-order valence-corrected chi connectivity index (χ1v) is 5.21. The molecule has 1 fully saturated rings. The van der Waals surface area contributed by atoms with E-state index in [9.17, 15) is 0 Å². The van der Waals surface area contributed by atoms with Gasteiger partial charge in [0.1, 0.15) is 6.61 Å². The largest absolute Gasteiger partial charge is 0.388 e. The quantitative estimate of drug-likeness (QED) is 0.736. The van der Waals surface area contributed by atoms with Gasteiger partial charge in [-0.25, -0.2) is 0 Å². The first kappa shape index (κ1) is 9.86. The molecule has 0 unspecified atom stereocenters. The van der Waals surface area contributed by atoms with Crippen molar-refractivity contribution >= 4 is 12.2 Å². The minimum absolute atomic E-state index is 0.0515. The molecular weight excluding hydrogens is 198 g/mol. The third-order valence-electron chi connectivity index (χ3n) is 2.86. The fourth-order valence-corrected chi connectivity index (χ4v) is 2.52. The third-order valence-corrected chi connectivity index (χ3v) is 3.15. The summed E-state index contributed by atoms with van der Waals surface area (Å²) in [6.45, 7) is 4.43. The van der Waals surface area contributed by atoms with Crippen LogP contribution in [0.15, 0.2) is 0 Å². The topological polar surface area (TPSA) is 53.8 Å². The third kappa shape index (κ3) is 1.50. The Bertz CT molecular complexity index is 385. The summed E-state index contributed by atoms with van der Waals surface area (Å²) in [5.41, 5.74) is 0.406. The summed E-state index contributed by atoms with van der Waals surface area (Å²) >= 11 is 5.12. The summed E-state index contributed by atoms with van der Waals surface area (Å²) < 4.78 is 2.56. The van der Waals surface area contributed by atoms with Crippen molar-refractivity contribution in [3.8, 4) is 0 Å². The Hall–Kier alpha value is -0.680. The first-order chi connectivity index (χ1) is 6.53. The second-order valence-electron chi connectivity index (χ2n) is 4.70. The molecule has 0 aliphatic heterocycles. The predicted molar refractivity (Wildman–Crippen MR) is 55.4 cm³/mol. The van der Waals surface area contributed by atoms with Crippen LogP contribution >= 0.6 is 12.2 Å². The summed E-state index contributed by atoms with van der Waals surface area (Å²) in [5.74, 6) is 0.649. The Morgan fingerprint density at radius 1 is 1.64 bits per heavy atom. The summed E-state index contributed by atoms with van der Waals surface area (Å²) in [6.07, 6.45) is 2.21. The molecule has 2 rings (SSSR count). The van der Waals surface area contributed by atoms with E-state index < -0.39 is 0 Å². The molecule has 4 nitrogen and oxygen atoms in total. The van der Waals surface area contributed by atoms with Crippen molar-refractivity contribution in [2.24, 2.45) is 5.41 Å². The van der Waals surface area contributed by atoms with Crippen LogP contribution in [0.4, 0.5) is 0 Å². The summed E-state index contributed by atoms with van der Waals surface area (Å²) in [5, 5.41) is 15.8. The van der Waals surface area contributed by atoms with E-state index in [2.05, 4.69) is 24.0 Å². The van der Waals surface area contributed by atoms with Gasteiger partial charge in [0.05, 0.1) is 0 Å². The van der Waals surface area contributed by atoms with Crippen molar-refractivity contribution in [2.45, 2.75) is 39.3 Å². The van der Waals surface area contributed by atoms with E-state index in [1.807, 2.05) is 4.57 Å². The molecule has 0 spiro atoms. The van der Waals surface area contributed by atoms with Crippen molar-refractivity contribution in [2.75, 3.05) is 0 Å². The maximum atomic E-state index is 9.08. The molecule has 78 valence electrons. The predicted octanol–water partition coefficient (Wildman–Crippen LogP) is 1.79. The van der Waals surface area contributed by atoms with Crippen LogP contribution in [0, 0.1) is 10.2 Å². The van der Waals surface area contributed by atoms with Crippen molar-refractivity contribution in [3.63, 3.8) is 0 Å². The zero-order valence-corrected chi connectivity index (χ0v) is 9.27. The van der Waals surface area contributed by atoms with E-state index >= 15 is 0 Å². The number of nitrogens with one attached hydrogen (secondary N) is 1. The van der Waals surface area contributed by atoms with Gasteiger partial charge in [-0.05, 0) is 30.5 Å². The molecule has 1 aliphatic rings. The Labute approximate surface area is 88.0 Å². The van der Waals surface area contributed by atoms with Gasteiger partial charge in [-0.3, -0.25) is 9.67 Å². The minimum Gasteiger partial charge on any atom is -0.388 e. The van der Waals surface area contributed by atoms with Crippen molar-refractivity contribution < 1.29 is 5.11 Å². The van der Waals surface area contributed by atoms with Gasteiger partial charge in [0.15, 0.2) is 10.6 Å². The van der Waals surface area contributed by atoms with Crippen LogP contribution in [-0.2, 0) is 6.61 Å². The van der Waals surface area contributed by atoms with Gasteiger partial charge in [-0.15, -0.1) is 0 Å².